The van der Waals surface area contributed by atoms with Crippen LogP contribution in [0.1, 0.15) is 55.6 Å². The van der Waals surface area contributed by atoms with Crippen molar-refractivity contribution in [1.29, 1.82) is 0 Å². The first kappa shape index (κ1) is 20.4. The lowest BCUT2D eigenvalue weighted by Crippen LogP contribution is -2.13. The van der Waals surface area contributed by atoms with Crippen molar-refractivity contribution in [3.63, 3.8) is 0 Å². The van der Waals surface area contributed by atoms with E-state index >= 15 is 0 Å². The molecule has 0 atom stereocenters. The van der Waals surface area contributed by atoms with Gasteiger partial charge in [-0.2, -0.15) is 13.2 Å². The summed E-state index contributed by atoms with van der Waals surface area (Å²) in [4.78, 5) is 0. The van der Waals surface area contributed by atoms with E-state index in [1.54, 1.807) is 12.1 Å². The first-order valence-corrected chi connectivity index (χ1v) is 10.0. The lowest BCUT2D eigenvalue weighted by atomic mass is 9.77. The SMILES string of the molecule is C=C/C=C/CCC1CCC(c2ccc(-c3ccc(C(F)(F)F)cc3)cc2)CC1. The van der Waals surface area contributed by atoms with Crippen LogP contribution in [0.15, 0.2) is 73.3 Å². The highest BCUT2D eigenvalue weighted by atomic mass is 19.4. The fourth-order valence-corrected chi connectivity index (χ4v) is 4.11. The van der Waals surface area contributed by atoms with E-state index in [0.29, 0.717) is 5.92 Å². The highest BCUT2D eigenvalue weighted by Gasteiger charge is 2.30. The van der Waals surface area contributed by atoms with E-state index < -0.39 is 11.7 Å². The number of alkyl halides is 3. The van der Waals surface area contributed by atoms with Crippen LogP contribution in [0, 0.1) is 5.92 Å². The zero-order valence-corrected chi connectivity index (χ0v) is 16.1. The van der Waals surface area contributed by atoms with Crippen LogP contribution in [0.3, 0.4) is 0 Å². The molecule has 148 valence electrons. The normalized spacial score (nSPS) is 20.4. The molecule has 0 aliphatic heterocycles. The summed E-state index contributed by atoms with van der Waals surface area (Å²) in [5, 5.41) is 0. The maximum absolute atomic E-state index is 12.7. The molecule has 0 saturated heterocycles. The van der Waals surface area contributed by atoms with Gasteiger partial charge in [-0.3, -0.25) is 0 Å². The molecule has 0 N–H and O–H groups in total. The molecule has 28 heavy (non-hydrogen) atoms. The van der Waals surface area contributed by atoms with Crippen LogP contribution in [0.5, 0.6) is 0 Å². The van der Waals surface area contributed by atoms with Gasteiger partial charge in [0.05, 0.1) is 5.56 Å². The van der Waals surface area contributed by atoms with Crippen molar-refractivity contribution >= 4 is 0 Å². The van der Waals surface area contributed by atoms with Gasteiger partial charge >= 0.3 is 6.18 Å². The third-order valence-electron chi connectivity index (χ3n) is 5.79. The summed E-state index contributed by atoms with van der Waals surface area (Å²) in [6, 6.07) is 13.7. The zero-order chi connectivity index (χ0) is 20.0. The molecule has 1 aliphatic carbocycles. The first-order chi connectivity index (χ1) is 13.5. The van der Waals surface area contributed by atoms with Crippen LogP contribution in [0.25, 0.3) is 11.1 Å². The highest BCUT2D eigenvalue weighted by Crippen LogP contribution is 2.38. The molecule has 0 bridgehead atoms. The molecule has 1 fully saturated rings. The fraction of sp³-hybridized carbons (Fsp3) is 0.360. The summed E-state index contributed by atoms with van der Waals surface area (Å²) in [6.07, 6.45) is 9.11. The van der Waals surface area contributed by atoms with Crippen molar-refractivity contribution in [3.8, 4) is 11.1 Å². The van der Waals surface area contributed by atoms with Crippen LogP contribution < -0.4 is 0 Å². The molecule has 3 rings (SSSR count). The Kier molecular flexibility index (Phi) is 6.77. The minimum atomic E-state index is -4.29. The van der Waals surface area contributed by atoms with E-state index in [1.807, 2.05) is 24.3 Å². The third kappa shape index (κ3) is 5.37. The monoisotopic (exact) mass is 384 g/mol. The van der Waals surface area contributed by atoms with Crippen LogP contribution in [0.4, 0.5) is 13.2 Å². The van der Waals surface area contributed by atoms with Gasteiger partial charge in [-0.15, -0.1) is 0 Å². The van der Waals surface area contributed by atoms with Gasteiger partial charge in [-0.25, -0.2) is 0 Å². The topological polar surface area (TPSA) is 0 Å². The first-order valence-electron chi connectivity index (χ1n) is 10.0. The Morgan fingerprint density at radius 2 is 1.43 bits per heavy atom. The van der Waals surface area contributed by atoms with Crippen molar-refractivity contribution in [2.75, 3.05) is 0 Å². The maximum Gasteiger partial charge on any atom is 0.416 e. The zero-order valence-electron chi connectivity index (χ0n) is 16.1. The molecule has 0 unspecified atom stereocenters. The average molecular weight is 384 g/mol. The Bertz CT molecular complexity index is 774. The predicted octanol–water partition coefficient (Wildman–Crippen LogP) is 8.17. The van der Waals surface area contributed by atoms with Gasteiger partial charge in [-0.05, 0) is 79.2 Å². The van der Waals surface area contributed by atoms with Crippen LogP contribution in [-0.2, 0) is 6.18 Å². The minimum absolute atomic E-state index is 0.599. The molecule has 0 heterocycles. The fourth-order valence-electron chi connectivity index (χ4n) is 4.11. The molecule has 3 heteroatoms. The van der Waals surface area contributed by atoms with Crippen LogP contribution >= 0.6 is 0 Å². The minimum Gasteiger partial charge on any atom is -0.166 e. The molecule has 0 nitrogen and oxygen atoms in total. The molecule has 0 aromatic heterocycles. The lowest BCUT2D eigenvalue weighted by Gasteiger charge is -2.28. The molecule has 0 amide bonds. The quantitative estimate of drug-likeness (QED) is 0.441. The number of hydrogen-bond donors (Lipinski definition) is 0. The Labute approximate surface area is 165 Å². The van der Waals surface area contributed by atoms with Crippen molar-refractivity contribution in [2.24, 2.45) is 5.92 Å². The summed E-state index contributed by atoms with van der Waals surface area (Å²) in [6.45, 7) is 3.70. The van der Waals surface area contributed by atoms with E-state index in [9.17, 15) is 13.2 Å². The van der Waals surface area contributed by atoms with Crippen molar-refractivity contribution < 1.29 is 13.2 Å². The average Bonchev–Trinajstić information content (AvgIpc) is 2.71. The largest absolute Gasteiger partial charge is 0.416 e. The number of allylic oxidation sites excluding steroid dienone is 3. The highest BCUT2D eigenvalue weighted by molar-refractivity contribution is 5.64. The summed E-state index contributed by atoms with van der Waals surface area (Å²) in [5.74, 6) is 1.42. The summed E-state index contributed by atoms with van der Waals surface area (Å²) in [7, 11) is 0. The van der Waals surface area contributed by atoms with E-state index in [1.165, 1.54) is 37.7 Å². The maximum atomic E-state index is 12.7. The van der Waals surface area contributed by atoms with E-state index in [4.69, 9.17) is 0 Å². The predicted molar refractivity (Wildman–Crippen MR) is 110 cm³/mol. The van der Waals surface area contributed by atoms with Crippen molar-refractivity contribution in [2.45, 2.75) is 50.6 Å². The number of halogens is 3. The van der Waals surface area contributed by atoms with Gasteiger partial charge in [0.25, 0.3) is 0 Å². The smallest absolute Gasteiger partial charge is 0.166 e. The lowest BCUT2D eigenvalue weighted by molar-refractivity contribution is -0.137. The number of benzene rings is 2. The standard InChI is InChI=1S/C25H27F3/c1-2-3-4-5-6-19-7-9-20(10-8-19)21-11-13-22(14-12-21)23-15-17-24(18-16-23)25(26,27)28/h2-4,11-20H,1,5-10H2/b4-3+. The third-order valence-corrected chi connectivity index (χ3v) is 5.79. The van der Waals surface area contributed by atoms with Gasteiger partial charge in [-0.1, -0.05) is 61.2 Å². The van der Waals surface area contributed by atoms with Gasteiger partial charge in [0.15, 0.2) is 0 Å². The second kappa shape index (κ2) is 9.27. The Morgan fingerprint density at radius 1 is 0.857 bits per heavy atom. The van der Waals surface area contributed by atoms with Crippen LogP contribution in [-0.4, -0.2) is 0 Å². The van der Waals surface area contributed by atoms with Crippen molar-refractivity contribution in [1.82, 2.24) is 0 Å². The molecular formula is C25H27F3. The van der Waals surface area contributed by atoms with Gasteiger partial charge in [0, 0.05) is 0 Å². The summed E-state index contributed by atoms with van der Waals surface area (Å²) >= 11 is 0. The molecule has 2 aromatic carbocycles. The van der Waals surface area contributed by atoms with E-state index in [-0.39, 0.29) is 0 Å². The number of hydrogen-bond acceptors (Lipinski definition) is 0. The van der Waals surface area contributed by atoms with E-state index in [2.05, 4.69) is 24.8 Å². The van der Waals surface area contributed by atoms with Crippen LogP contribution in [0.2, 0.25) is 0 Å². The molecule has 0 spiro atoms. The van der Waals surface area contributed by atoms with Gasteiger partial charge in [0.2, 0.25) is 0 Å². The number of rotatable bonds is 6. The molecular weight excluding hydrogens is 357 g/mol. The summed E-state index contributed by atoms with van der Waals surface area (Å²) in [5.41, 5.74) is 2.52. The molecule has 0 radical (unpaired) electrons. The Morgan fingerprint density at radius 3 is 1.96 bits per heavy atom. The van der Waals surface area contributed by atoms with Gasteiger partial charge < -0.3 is 0 Å². The molecule has 2 aromatic rings. The molecule has 1 saturated carbocycles. The van der Waals surface area contributed by atoms with Crippen molar-refractivity contribution in [3.05, 3.63) is 84.5 Å². The Balaban J connectivity index is 1.56. The summed E-state index contributed by atoms with van der Waals surface area (Å²) < 4.78 is 38.1. The molecule has 1 aliphatic rings. The van der Waals surface area contributed by atoms with Gasteiger partial charge in [0.1, 0.15) is 0 Å². The Hall–Kier alpha value is -2.29. The second-order valence-corrected chi connectivity index (χ2v) is 7.66. The second-order valence-electron chi connectivity index (χ2n) is 7.66. The van der Waals surface area contributed by atoms with E-state index in [0.717, 1.165) is 35.6 Å².